The van der Waals surface area contributed by atoms with Gasteiger partial charge in [0.05, 0.1) is 12.7 Å². The van der Waals surface area contributed by atoms with Crippen molar-refractivity contribution in [1.82, 2.24) is 10.2 Å². The zero-order chi connectivity index (χ0) is 12.1. The highest BCUT2D eigenvalue weighted by Gasteiger charge is 2.43. The molecule has 0 aromatic carbocycles. The first-order valence-electron chi connectivity index (χ1n) is 6.87. The van der Waals surface area contributed by atoms with E-state index in [1.54, 1.807) is 0 Å². The molecule has 1 saturated carbocycles. The van der Waals surface area contributed by atoms with E-state index in [1.165, 1.54) is 19.3 Å². The van der Waals surface area contributed by atoms with Crippen molar-refractivity contribution in [2.45, 2.75) is 44.0 Å². The van der Waals surface area contributed by atoms with Crippen molar-refractivity contribution in [3.05, 3.63) is 0 Å². The summed E-state index contributed by atoms with van der Waals surface area (Å²) in [6.45, 7) is 3.89. The molecule has 4 nitrogen and oxygen atoms in total. The van der Waals surface area contributed by atoms with Gasteiger partial charge in [-0.2, -0.15) is 0 Å². The minimum absolute atomic E-state index is 0.198. The quantitative estimate of drug-likeness (QED) is 0.710. The highest BCUT2D eigenvalue weighted by atomic mass is 16.7. The molecule has 1 spiro atoms. The van der Waals surface area contributed by atoms with Gasteiger partial charge in [-0.3, -0.25) is 0 Å². The molecule has 1 aliphatic carbocycles. The van der Waals surface area contributed by atoms with E-state index in [9.17, 15) is 0 Å². The Bertz CT molecular complexity index is 227. The second-order valence-electron chi connectivity index (χ2n) is 5.53. The van der Waals surface area contributed by atoms with Gasteiger partial charge in [-0.25, -0.2) is 0 Å². The smallest absolute Gasteiger partial charge is 0.168 e. The number of nitrogens with one attached hydrogen (secondary N) is 1. The molecule has 1 heterocycles. The summed E-state index contributed by atoms with van der Waals surface area (Å²) in [7, 11) is 4.22. The average molecular weight is 242 g/mol. The molecule has 4 heteroatoms. The van der Waals surface area contributed by atoms with E-state index in [1.807, 2.05) is 0 Å². The van der Waals surface area contributed by atoms with Gasteiger partial charge in [0.1, 0.15) is 0 Å². The number of ether oxygens (including phenoxy) is 2. The van der Waals surface area contributed by atoms with Gasteiger partial charge in [-0.15, -0.1) is 0 Å². The zero-order valence-electron chi connectivity index (χ0n) is 11.2. The lowest BCUT2D eigenvalue weighted by molar-refractivity contribution is -0.161. The van der Waals surface area contributed by atoms with Crippen LogP contribution in [0.15, 0.2) is 0 Å². The minimum Gasteiger partial charge on any atom is -0.347 e. The maximum Gasteiger partial charge on any atom is 0.168 e. The monoisotopic (exact) mass is 242 g/mol. The summed E-state index contributed by atoms with van der Waals surface area (Å²) in [6.07, 6.45) is 6.12. The fraction of sp³-hybridized carbons (Fsp3) is 1.00. The Morgan fingerprint density at radius 3 is 2.76 bits per heavy atom. The van der Waals surface area contributed by atoms with E-state index in [0.717, 1.165) is 39.1 Å². The molecule has 17 heavy (non-hydrogen) atoms. The molecule has 0 bridgehead atoms. The zero-order valence-corrected chi connectivity index (χ0v) is 11.2. The number of hydrogen-bond donors (Lipinski definition) is 1. The van der Waals surface area contributed by atoms with E-state index in [4.69, 9.17) is 9.47 Å². The number of rotatable bonds is 6. The van der Waals surface area contributed by atoms with Crippen LogP contribution in [0, 0.1) is 0 Å². The largest absolute Gasteiger partial charge is 0.347 e. The first-order chi connectivity index (χ1) is 8.20. The molecule has 2 rings (SSSR count). The van der Waals surface area contributed by atoms with E-state index < -0.39 is 0 Å². The van der Waals surface area contributed by atoms with Crippen molar-refractivity contribution in [3.63, 3.8) is 0 Å². The van der Waals surface area contributed by atoms with Gasteiger partial charge in [0.25, 0.3) is 0 Å². The third-order valence-electron chi connectivity index (χ3n) is 3.61. The van der Waals surface area contributed by atoms with Gasteiger partial charge in [-0.1, -0.05) is 0 Å². The van der Waals surface area contributed by atoms with Crippen molar-refractivity contribution in [1.29, 1.82) is 0 Å². The van der Waals surface area contributed by atoms with E-state index >= 15 is 0 Å². The molecule has 0 amide bonds. The lowest BCUT2D eigenvalue weighted by Gasteiger charge is -2.22. The predicted octanol–water partition coefficient (Wildman–Crippen LogP) is 1.21. The lowest BCUT2D eigenvalue weighted by atomic mass is 10.2. The Hall–Kier alpha value is -0.160. The Morgan fingerprint density at radius 1 is 1.29 bits per heavy atom. The van der Waals surface area contributed by atoms with Gasteiger partial charge in [0.15, 0.2) is 5.79 Å². The molecule has 1 aliphatic heterocycles. The molecule has 0 aromatic rings. The first-order valence-corrected chi connectivity index (χ1v) is 6.87. The minimum atomic E-state index is -0.198. The molecule has 100 valence electrons. The summed E-state index contributed by atoms with van der Waals surface area (Å²) in [5.41, 5.74) is 0. The molecule has 1 saturated heterocycles. The van der Waals surface area contributed by atoms with Gasteiger partial charge in [0.2, 0.25) is 0 Å². The summed E-state index contributed by atoms with van der Waals surface area (Å²) in [4.78, 5) is 2.21. The standard InChI is InChI=1S/C13H26N2O2/c1-15(2)9-5-8-14-10-12-11-16-13(17-12)6-3-4-7-13/h12,14H,3-11H2,1-2H3. The number of nitrogens with zero attached hydrogens (tertiary/aromatic N) is 1. The predicted molar refractivity (Wildman–Crippen MR) is 68.1 cm³/mol. The first kappa shape index (κ1) is 13.3. The summed E-state index contributed by atoms with van der Waals surface area (Å²) in [6, 6.07) is 0. The maximum absolute atomic E-state index is 6.04. The Balaban J connectivity index is 1.55. The van der Waals surface area contributed by atoms with Gasteiger partial charge in [0, 0.05) is 19.4 Å². The van der Waals surface area contributed by atoms with Crippen LogP contribution in [-0.2, 0) is 9.47 Å². The van der Waals surface area contributed by atoms with E-state index in [2.05, 4.69) is 24.3 Å². The van der Waals surface area contributed by atoms with Crippen LogP contribution >= 0.6 is 0 Å². The maximum atomic E-state index is 6.04. The van der Waals surface area contributed by atoms with Gasteiger partial charge in [-0.05, 0) is 46.4 Å². The fourth-order valence-electron chi connectivity index (χ4n) is 2.68. The van der Waals surface area contributed by atoms with Crippen LogP contribution in [0.25, 0.3) is 0 Å². The molecular formula is C13H26N2O2. The number of hydrogen-bond acceptors (Lipinski definition) is 4. The van der Waals surface area contributed by atoms with E-state index in [-0.39, 0.29) is 11.9 Å². The van der Waals surface area contributed by atoms with Crippen LogP contribution in [0.3, 0.4) is 0 Å². The molecule has 1 unspecified atom stereocenters. The van der Waals surface area contributed by atoms with Crippen molar-refractivity contribution in [3.8, 4) is 0 Å². The van der Waals surface area contributed by atoms with E-state index in [0.29, 0.717) is 0 Å². The van der Waals surface area contributed by atoms with Crippen LogP contribution in [-0.4, -0.2) is 57.1 Å². The van der Waals surface area contributed by atoms with Crippen molar-refractivity contribution in [2.75, 3.05) is 40.3 Å². The van der Waals surface area contributed by atoms with Gasteiger partial charge < -0.3 is 19.7 Å². The van der Waals surface area contributed by atoms with Crippen molar-refractivity contribution < 1.29 is 9.47 Å². The highest BCUT2D eigenvalue weighted by Crippen LogP contribution is 2.38. The third kappa shape index (κ3) is 3.91. The molecule has 2 fully saturated rings. The molecular weight excluding hydrogens is 216 g/mol. The summed E-state index contributed by atoms with van der Waals surface area (Å²) in [5, 5.41) is 3.46. The van der Waals surface area contributed by atoms with Crippen molar-refractivity contribution >= 4 is 0 Å². The summed E-state index contributed by atoms with van der Waals surface area (Å²) < 4.78 is 11.9. The highest BCUT2D eigenvalue weighted by molar-refractivity contribution is 4.84. The lowest BCUT2D eigenvalue weighted by Crippen LogP contribution is -2.33. The van der Waals surface area contributed by atoms with Crippen LogP contribution in [0.5, 0.6) is 0 Å². The van der Waals surface area contributed by atoms with Crippen molar-refractivity contribution in [2.24, 2.45) is 0 Å². The molecule has 0 radical (unpaired) electrons. The SMILES string of the molecule is CN(C)CCCNCC1COC2(CCCC2)O1. The topological polar surface area (TPSA) is 33.7 Å². The second kappa shape index (κ2) is 6.14. The Kier molecular flexibility index (Phi) is 4.79. The normalized spacial score (nSPS) is 27.4. The fourth-order valence-corrected chi connectivity index (χ4v) is 2.68. The van der Waals surface area contributed by atoms with Crippen LogP contribution in [0.2, 0.25) is 0 Å². The molecule has 1 atom stereocenters. The van der Waals surface area contributed by atoms with Crippen LogP contribution in [0.1, 0.15) is 32.1 Å². The van der Waals surface area contributed by atoms with Crippen LogP contribution in [0.4, 0.5) is 0 Å². The average Bonchev–Trinajstić information content (AvgIpc) is 2.89. The molecule has 1 N–H and O–H groups in total. The third-order valence-corrected chi connectivity index (χ3v) is 3.61. The van der Waals surface area contributed by atoms with Crippen LogP contribution < -0.4 is 5.32 Å². The summed E-state index contributed by atoms with van der Waals surface area (Å²) >= 11 is 0. The second-order valence-corrected chi connectivity index (χ2v) is 5.53. The molecule has 2 aliphatic rings. The Morgan fingerprint density at radius 2 is 2.06 bits per heavy atom. The Labute approximate surface area is 105 Å². The molecule has 0 aromatic heterocycles. The van der Waals surface area contributed by atoms with Gasteiger partial charge >= 0.3 is 0 Å². The summed E-state index contributed by atoms with van der Waals surface area (Å²) in [5.74, 6) is -0.198.